The fraction of sp³-hybridized carbons (Fsp3) is 0.276. The molecule has 0 aliphatic carbocycles. The van der Waals surface area contributed by atoms with Crippen LogP contribution in [0.5, 0.6) is 0 Å². The highest BCUT2D eigenvalue weighted by atomic mass is 16.4. The Morgan fingerprint density at radius 1 is 0.629 bits per heavy atom. The topological polar surface area (TPSA) is 77.9 Å². The molecular formula is C29H32N2O4. The molecule has 3 rings (SSSR count). The first kappa shape index (κ1) is 25.7. The highest BCUT2D eigenvalue weighted by molar-refractivity contribution is 5.95. The Kier molecular flexibility index (Phi) is 9.18. The Labute approximate surface area is 206 Å². The van der Waals surface area contributed by atoms with Crippen LogP contribution in [0.3, 0.4) is 0 Å². The van der Waals surface area contributed by atoms with Crippen LogP contribution in [0.25, 0.3) is 0 Å². The number of amides is 2. The number of hydrogen-bond donors (Lipinski definition) is 1. The van der Waals surface area contributed by atoms with Gasteiger partial charge in [0.25, 0.3) is 11.8 Å². The summed E-state index contributed by atoms with van der Waals surface area (Å²) in [5.41, 5.74) is 4.19. The van der Waals surface area contributed by atoms with Gasteiger partial charge in [0.2, 0.25) is 0 Å². The summed E-state index contributed by atoms with van der Waals surface area (Å²) in [6, 6.07) is 24.4. The van der Waals surface area contributed by atoms with E-state index in [0.29, 0.717) is 43.7 Å². The van der Waals surface area contributed by atoms with Gasteiger partial charge in [0.1, 0.15) is 0 Å². The number of rotatable bonds is 11. The van der Waals surface area contributed by atoms with Gasteiger partial charge in [-0.25, -0.2) is 0 Å². The number of nitrogens with zero attached hydrogens (tertiary/aromatic N) is 2. The van der Waals surface area contributed by atoms with E-state index in [4.69, 9.17) is 5.11 Å². The smallest absolute Gasteiger partial charge is 0.303 e. The molecule has 3 aromatic rings. The van der Waals surface area contributed by atoms with Crippen LogP contribution < -0.4 is 0 Å². The van der Waals surface area contributed by atoms with Crippen molar-refractivity contribution >= 4 is 17.8 Å². The Morgan fingerprint density at radius 3 is 1.51 bits per heavy atom. The third kappa shape index (κ3) is 7.27. The number of carbonyl (C=O) groups is 3. The maximum Gasteiger partial charge on any atom is 0.303 e. The molecule has 0 bridgehead atoms. The van der Waals surface area contributed by atoms with Crippen LogP contribution in [0.4, 0.5) is 0 Å². The van der Waals surface area contributed by atoms with Crippen molar-refractivity contribution in [3.05, 3.63) is 107 Å². The van der Waals surface area contributed by atoms with Gasteiger partial charge >= 0.3 is 5.97 Å². The lowest BCUT2D eigenvalue weighted by Gasteiger charge is -2.23. The molecule has 0 heterocycles. The summed E-state index contributed by atoms with van der Waals surface area (Å²) in [7, 11) is 0. The summed E-state index contributed by atoms with van der Waals surface area (Å²) < 4.78 is 0. The molecule has 6 nitrogen and oxygen atoms in total. The molecule has 0 aliphatic rings. The van der Waals surface area contributed by atoms with E-state index in [1.54, 1.807) is 9.80 Å². The van der Waals surface area contributed by atoms with Crippen LogP contribution in [0.15, 0.2) is 78.9 Å². The van der Waals surface area contributed by atoms with Gasteiger partial charge in [-0.05, 0) is 61.2 Å². The maximum absolute atomic E-state index is 13.1. The maximum atomic E-state index is 13.1. The molecule has 3 aromatic carbocycles. The normalized spacial score (nSPS) is 10.6. The van der Waals surface area contributed by atoms with Crippen molar-refractivity contribution in [2.75, 3.05) is 13.1 Å². The zero-order valence-corrected chi connectivity index (χ0v) is 20.3. The Bertz CT molecular complexity index is 1130. The first-order valence-electron chi connectivity index (χ1n) is 11.9. The van der Waals surface area contributed by atoms with Gasteiger partial charge in [-0.15, -0.1) is 0 Å². The van der Waals surface area contributed by atoms with Crippen molar-refractivity contribution in [2.24, 2.45) is 0 Å². The summed E-state index contributed by atoms with van der Waals surface area (Å²) >= 11 is 0. The first-order chi connectivity index (χ1) is 16.9. The number of benzene rings is 3. The molecule has 6 heteroatoms. The van der Waals surface area contributed by atoms with E-state index in [1.807, 2.05) is 92.7 Å². The van der Waals surface area contributed by atoms with Crippen molar-refractivity contribution in [3.8, 4) is 0 Å². The second kappa shape index (κ2) is 12.5. The van der Waals surface area contributed by atoms with E-state index in [9.17, 15) is 14.4 Å². The average Bonchev–Trinajstić information content (AvgIpc) is 2.90. The number of aliphatic carboxylic acids is 1. The highest BCUT2D eigenvalue weighted by Crippen LogP contribution is 2.15. The molecular weight excluding hydrogens is 440 g/mol. The molecule has 0 aliphatic heterocycles. The number of carboxylic acids is 1. The molecule has 0 radical (unpaired) electrons. The van der Waals surface area contributed by atoms with Crippen molar-refractivity contribution in [1.29, 1.82) is 0 Å². The monoisotopic (exact) mass is 472 g/mol. The Balaban J connectivity index is 1.62. The molecule has 0 spiro atoms. The van der Waals surface area contributed by atoms with Gasteiger partial charge in [0.15, 0.2) is 0 Å². The molecule has 1 N–H and O–H groups in total. The third-order valence-corrected chi connectivity index (χ3v) is 5.96. The van der Waals surface area contributed by atoms with Crippen molar-refractivity contribution in [1.82, 2.24) is 9.80 Å². The van der Waals surface area contributed by atoms with Gasteiger partial charge in [-0.1, -0.05) is 54.6 Å². The summed E-state index contributed by atoms with van der Waals surface area (Å²) in [6.45, 7) is 6.01. The van der Waals surface area contributed by atoms with E-state index < -0.39 is 5.97 Å². The van der Waals surface area contributed by atoms with Gasteiger partial charge in [-0.3, -0.25) is 14.4 Å². The zero-order valence-electron chi connectivity index (χ0n) is 20.3. The first-order valence-corrected chi connectivity index (χ1v) is 11.9. The minimum absolute atomic E-state index is 0.0145. The second-order valence-corrected chi connectivity index (χ2v) is 8.41. The summed E-state index contributed by atoms with van der Waals surface area (Å²) in [6.07, 6.45) is 0.593. The molecule has 0 saturated carbocycles. The number of carbonyl (C=O) groups excluding carboxylic acids is 2. The Morgan fingerprint density at radius 2 is 1.06 bits per heavy atom. The van der Waals surface area contributed by atoms with Crippen LogP contribution in [-0.2, 0) is 24.3 Å². The summed E-state index contributed by atoms with van der Waals surface area (Å²) in [5.74, 6) is -0.880. The van der Waals surface area contributed by atoms with Crippen LogP contribution in [0.2, 0.25) is 0 Å². The molecule has 0 aromatic heterocycles. The number of hydrogen-bond acceptors (Lipinski definition) is 3. The summed E-state index contributed by atoms with van der Waals surface area (Å²) in [5, 5.41) is 8.83. The van der Waals surface area contributed by atoms with Gasteiger partial charge < -0.3 is 14.9 Å². The predicted molar refractivity (Wildman–Crippen MR) is 136 cm³/mol. The molecule has 2 amide bonds. The van der Waals surface area contributed by atoms with Crippen LogP contribution in [0, 0.1) is 0 Å². The van der Waals surface area contributed by atoms with E-state index in [2.05, 4.69) is 0 Å². The SMILES string of the molecule is CCN(Cc1ccc(C(=O)N(CC)Cc2ccc(CCC(=O)O)cc2)cc1)C(=O)c1ccccc1. The fourth-order valence-corrected chi connectivity index (χ4v) is 3.86. The van der Waals surface area contributed by atoms with Crippen molar-refractivity contribution in [3.63, 3.8) is 0 Å². The van der Waals surface area contributed by atoms with E-state index in [-0.39, 0.29) is 18.2 Å². The van der Waals surface area contributed by atoms with E-state index in [1.165, 1.54) is 0 Å². The lowest BCUT2D eigenvalue weighted by atomic mass is 10.1. The zero-order chi connectivity index (χ0) is 25.2. The highest BCUT2D eigenvalue weighted by Gasteiger charge is 2.17. The third-order valence-electron chi connectivity index (χ3n) is 5.96. The quantitative estimate of drug-likeness (QED) is 0.425. The number of aryl methyl sites for hydroxylation is 1. The predicted octanol–water partition coefficient (Wildman–Crippen LogP) is 5.03. The minimum atomic E-state index is -0.812. The second-order valence-electron chi connectivity index (χ2n) is 8.41. The Hall–Kier alpha value is -3.93. The molecule has 35 heavy (non-hydrogen) atoms. The average molecular weight is 473 g/mol. The van der Waals surface area contributed by atoms with Crippen LogP contribution in [-0.4, -0.2) is 45.8 Å². The number of carboxylic acid groups (broad SMARTS) is 1. The molecule has 182 valence electrons. The molecule has 0 fully saturated rings. The largest absolute Gasteiger partial charge is 0.481 e. The van der Waals surface area contributed by atoms with Crippen molar-refractivity contribution < 1.29 is 19.5 Å². The van der Waals surface area contributed by atoms with Gasteiger partial charge in [0.05, 0.1) is 0 Å². The van der Waals surface area contributed by atoms with E-state index >= 15 is 0 Å². The van der Waals surface area contributed by atoms with Crippen molar-refractivity contribution in [2.45, 2.75) is 39.8 Å². The molecule has 0 atom stereocenters. The van der Waals surface area contributed by atoms with Crippen LogP contribution in [0.1, 0.15) is 57.7 Å². The molecule has 0 saturated heterocycles. The fourth-order valence-electron chi connectivity index (χ4n) is 3.86. The van der Waals surface area contributed by atoms with Gasteiger partial charge in [0, 0.05) is 43.7 Å². The lowest BCUT2D eigenvalue weighted by molar-refractivity contribution is -0.136. The molecule has 0 unspecified atom stereocenters. The standard InChI is InChI=1S/C29H32N2O4/c1-3-30(28(34)25-8-6-5-7-9-25)21-24-14-17-26(18-15-24)29(35)31(4-2)20-23-12-10-22(11-13-23)16-19-27(32)33/h5-15,17-18H,3-4,16,19-21H2,1-2H3,(H,32,33). The van der Waals surface area contributed by atoms with Crippen LogP contribution >= 0.6 is 0 Å². The lowest BCUT2D eigenvalue weighted by Crippen LogP contribution is -2.31. The minimum Gasteiger partial charge on any atom is -0.481 e. The van der Waals surface area contributed by atoms with E-state index in [0.717, 1.165) is 16.7 Å². The van der Waals surface area contributed by atoms with Gasteiger partial charge in [-0.2, -0.15) is 0 Å². The summed E-state index contributed by atoms with van der Waals surface area (Å²) in [4.78, 5) is 40.2.